The maximum atomic E-state index is 12.8. The Kier molecular flexibility index (Phi) is 5.35. The van der Waals surface area contributed by atoms with E-state index in [1.54, 1.807) is 20.8 Å². The summed E-state index contributed by atoms with van der Waals surface area (Å²) in [5.41, 5.74) is 2.51. The first-order valence-corrected chi connectivity index (χ1v) is 7.39. The van der Waals surface area contributed by atoms with E-state index >= 15 is 0 Å². The van der Waals surface area contributed by atoms with Crippen LogP contribution in [0.2, 0.25) is 0 Å². The number of esters is 1. The van der Waals surface area contributed by atoms with Gasteiger partial charge in [-0.05, 0) is 50.6 Å². The molecule has 1 aromatic heterocycles. The number of aryl methyl sites for hydroxylation is 1. The fourth-order valence-electron chi connectivity index (χ4n) is 2.53. The van der Waals surface area contributed by atoms with Gasteiger partial charge in [-0.1, -0.05) is 0 Å². The Bertz CT molecular complexity index is 751. The van der Waals surface area contributed by atoms with Gasteiger partial charge < -0.3 is 20.1 Å². The molecule has 0 radical (unpaired) electrons. The Labute approximate surface area is 138 Å². The van der Waals surface area contributed by atoms with Crippen molar-refractivity contribution in [3.05, 3.63) is 52.6 Å². The highest BCUT2D eigenvalue weighted by atomic mass is 19.1. The Morgan fingerprint density at radius 1 is 1.29 bits per heavy atom. The zero-order valence-electron chi connectivity index (χ0n) is 13.6. The predicted octanol–water partition coefficient (Wildman–Crippen LogP) is 2.62. The second kappa shape index (κ2) is 7.27. The molecule has 0 bridgehead atoms. The highest BCUT2D eigenvalue weighted by molar-refractivity contribution is 5.95. The highest BCUT2D eigenvalue weighted by Gasteiger charge is 2.21. The lowest BCUT2D eigenvalue weighted by Crippen LogP contribution is -2.21. The van der Waals surface area contributed by atoms with Crippen molar-refractivity contribution in [2.45, 2.75) is 26.9 Å². The molecule has 3 N–H and O–H groups in total. The van der Waals surface area contributed by atoms with Crippen molar-refractivity contribution in [1.29, 1.82) is 0 Å². The van der Waals surface area contributed by atoms with E-state index in [2.05, 4.69) is 10.3 Å². The van der Waals surface area contributed by atoms with Gasteiger partial charge in [0.2, 0.25) is 0 Å². The molecule has 0 fully saturated rings. The van der Waals surface area contributed by atoms with E-state index in [-0.39, 0.29) is 5.69 Å². The van der Waals surface area contributed by atoms with E-state index in [4.69, 9.17) is 4.74 Å². The number of hydrogen-bond acceptors (Lipinski definition) is 4. The molecule has 1 heterocycles. The molecule has 0 saturated heterocycles. The fraction of sp³-hybridized carbons (Fsp3) is 0.294. The van der Waals surface area contributed by atoms with Gasteiger partial charge in [0.25, 0.3) is 5.91 Å². The van der Waals surface area contributed by atoms with Gasteiger partial charge in [-0.3, -0.25) is 4.79 Å². The van der Waals surface area contributed by atoms with Crippen LogP contribution in [-0.2, 0) is 9.53 Å². The van der Waals surface area contributed by atoms with E-state index < -0.39 is 30.4 Å². The Morgan fingerprint density at radius 2 is 1.92 bits per heavy atom. The van der Waals surface area contributed by atoms with Crippen molar-refractivity contribution in [1.82, 2.24) is 4.98 Å². The quantitative estimate of drug-likeness (QED) is 0.733. The van der Waals surface area contributed by atoms with Crippen molar-refractivity contribution in [2.75, 3.05) is 11.9 Å². The van der Waals surface area contributed by atoms with Crippen LogP contribution < -0.4 is 5.32 Å². The number of H-pyrrole nitrogens is 1. The summed E-state index contributed by atoms with van der Waals surface area (Å²) in [6.07, 6.45) is -0.718. The molecule has 0 aliphatic heterocycles. The van der Waals surface area contributed by atoms with E-state index in [0.29, 0.717) is 22.5 Å². The number of ether oxygens (including phenoxy) is 1. The predicted molar refractivity (Wildman–Crippen MR) is 86.2 cm³/mol. The van der Waals surface area contributed by atoms with Gasteiger partial charge in [0.15, 0.2) is 6.61 Å². The van der Waals surface area contributed by atoms with Crippen LogP contribution in [0.25, 0.3) is 0 Å². The molecule has 1 atom stereocenters. The molecule has 24 heavy (non-hydrogen) atoms. The molecule has 128 valence electrons. The summed E-state index contributed by atoms with van der Waals surface area (Å²) < 4.78 is 17.8. The Hall–Kier alpha value is -2.67. The van der Waals surface area contributed by atoms with Crippen molar-refractivity contribution < 1.29 is 23.8 Å². The van der Waals surface area contributed by atoms with Crippen LogP contribution in [0.3, 0.4) is 0 Å². The lowest BCUT2D eigenvalue weighted by molar-refractivity contribution is -0.119. The Balaban J connectivity index is 1.97. The Morgan fingerprint density at radius 3 is 2.46 bits per heavy atom. The zero-order chi connectivity index (χ0) is 17.9. The standard InChI is InChI=1S/C17H19FN2O4/c1-9-15(11(3)21)10(2)19-16(9)17(23)24-8-14(22)20-13-6-4-12(18)5-7-13/h4-7,11,19,21H,8H2,1-3H3,(H,20,22). The molecule has 0 spiro atoms. The smallest absolute Gasteiger partial charge is 0.355 e. The van der Waals surface area contributed by atoms with Crippen LogP contribution in [0.5, 0.6) is 0 Å². The number of aromatic amines is 1. The lowest BCUT2D eigenvalue weighted by atomic mass is 10.1. The van der Waals surface area contributed by atoms with Gasteiger partial charge in [-0.15, -0.1) is 0 Å². The summed E-state index contributed by atoms with van der Waals surface area (Å²) in [7, 11) is 0. The summed E-state index contributed by atoms with van der Waals surface area (Å²) in [5, 5.41) is 12.2. The number of benzene rings is 1. The first-order valence-electron chi connectivity index (χ1n) is 7.39. The molecule has 7 heteroatoms. The summed E-state index contributed by atoms with van der Waals surface area (Å²) in [6.45, 7) is 4.57. The number of anilines is 1. The second-order valence-corrected chi connectivity index (χ2v) is 5.47. The molecule has 1 amide bonds. The summed E-state index contributed by atoms with van der Waals surface area (Å²) >= 11 is 0. The zero-order valence-corrected chi connectivity index (χ0v) is 13.6. The van der Waals surface area contributed by atoms with E-state index in [1.807, 2.05) is 0 Å². The summed E-state index contributed by atoms with van der Waals surface area (Å²) in [6, 6.07) is 5.24. The molecule has 0 aliphatic carbocycles. The maximum absolute atomic E-state index is 12.8. The minimum absolute atomic E-state index is 0.206. The number of aliphatic hydroxyl groups excluding tert-OH is 1. The monoisotopic (exact) mass is 334 g/mol. The third-order valence-corrected chi connectivity index (χ3v) is 3.58. The topological polar surface area (TPSA) is 91.4 Å². The third-order valence-electron chi connectivity index (χ3n) is 3.58. The SMILES string of the molecule is Cc1[nH]c(C(=O)OCC(=O)Nc2ccc(F)cc2)c(C)c1C(C)O. The average Bonchev–Trinajstić information content (AvgIpc) is 2.82. The molecular formula is C17H19FN2O4. The summed E-state index contributed by atoms with van der Waals surface area (Å²) in [5.74, 6) is -1.63. The highest BCUT2D eigenvalue weighted by Crippen LogP contribution is 2.24. The average molecular weight is 334 g/mol. The number of aliphatic hydroxyl groups is 1. The van der Waals surface area contributed by atoms with Crippen LogP contribution in [0.4, 0.5) is 10.1 Å². The molecule has 2 rings (SSSR count). The number of rotatable bonds is 5. The molecule has 0 aliphatic rings. The molecular weight excluding hydrogens is 315 g/mol. The molecule has 1 unspecified atom stereocenters. The van der Waals surface area contributed by atoms with E-state index in [1.165, 1.54) is 24.3 Å². The van der Waals surface area contributed by atoms with Gasteiger partial charge in [-0.25, -0.2) is 9.18 Å². The van der Waals surface area contributed by atoms with Gasteiger partial charge in [0.1, 0.15) is 11.5 Å². The normalized spacial score (nSPS) is 11.9. The van der Waals surface area contributed by atoms with Crippen molar-refractivity contribution in [3.63, 3.8) is 0 Å². The van der Waals surface area contributed by atoms with Crippen LogP contribution in [0.15, 0.2) is 24.3 Å². The number of nitrogens with one attached hydrogen (secondary N) is 2. The van der Waals surface area contributed by atoms with Gasteiger partial charge in [0.05, 0.1) is 6.10 Å². The lowest BCUT2D eigenvalue weighted by Gasteiger charge is -2.07. The van der Waals surface area contributed by atoms with Crippen LogP contribution in [0, 0.1) is 19.7 Å². The van der Waals surface area contributed by atoms with Crippen LogP contribution >= 0.6 is 0 Å². The number of hydrogen-bond donors (Lipinski definition) is 3. The number of carbonyl (C=O) groups is 2. The number of carbonyl (C=O) groups excluding carboxylic acids is 2. The molecule has 1 aromatic carbocycles. The minimum atomic E-state index is -0.718. The largest absolute Gasteiger partial charge is 0.451 e. The van der Waals surface area contributed by atoms with Gasteiger partial charge in [0, 0.05) is 16.9 Å². The van der Waals surface area contributed by atoms with Gasteiger partial charge >= 0.3 is 5.97 Å². The van der Waals surface area contributed by atoms with E-state index in [9.17, 15) is 19.1 Å². The van der Waals surface area contributed by atoms with Crippen molar-refractivity contribution >= 4 is 17.6 Å². The molecule has 0 saturated carbocycles. The first kappa shape index (κ1) is 17.7. The number of amides is 1. The molecule has 2 aromatic rings. The minimum Gasteiger partial charge on any atom is -0.451 e. The van der Waals surface area contributed by atoms with Crippen LogP contribution in [0.1, 0.15) is 40.3 Å². The summed E-state index contributed by atoms with van der Waals surface area (Å²) in [4.78, 5) is 26.7. The fourth-order valence-corrected chi connectivity index (χ4v) is 2.53. The van der Waals surface area contributed by atoms with E-state index in [0.717, 1.165) is 0 Å². The van der Waals surface area contributed by atoms with Crippen molar-refractivity contribution in [2.24, 2.45) is 0 Å². The number of halogens is 1. The van der Waals surface area contributed by atoms with Crippen LogP contribution in [-0.4, -0.2) is 28.6 Å². The molecule has 6 nitrogen and oxygen atoms in total. The number of aromatic nitrogens is 1. The third kappa shape index (κ3) is 3.99. The maximum Gasteiger partial charge on any atom is 0.355 e. The second-order valence-electron chi connectivity index (χ2n) is 5.47. The van der Waals surface area contributed by atoms with Gasteiger partial charge in [-0.2, -0.15) is 0 Å². The first-order chi connectivity index (χ1) is 11.3. The van der Waals surface area contributed by atoms with Crippen molar-refractivity contribution in [3.8, 4) is 0 Å².